The van der Waals surface area contributed by atoms with E-state index in [1.54, 1.807) is 6.21 Å². The predicted octanol–water partition coefficient (Wildman–Crippen LogP) is 2.39. The fourth-order valence-corrected chi connectivity index (χ4v) is 1.43. The van der Waals surface area contributed by atoms with Crippen molar-refractivity contribution in [1.82, 2.24) is 5.43 Å². The van der Waals surface area contributed by atoms with Crippen LogP contribution in [0.5, 0.6) is 0 Å². The Morgan fingerprint density at radius 1 is 1.33 bits per heavy atom. The number of carbonyl (C=O) groups is 1. The number of amides is 1. The minimum Gasteiger partial charge on any atom is -0.378 e. The van der Waals surface area contributed by atoms with Crippen molar-refractivity contribution in [3.8, 4) is 0 Å². The lowest BCUT2D eigenvalue weighted by atomic mass is 10.2. The molecule has 98 valence electrons. The number of benzene rings is 1. The third-order valence-corrected chi connectivity index (χ3v) is 2.57. The first-order valence-electron chi connectivity index (χ1n) is 6.22. The second-order valence-corrected chi connectivity index (χ2v) is 4.38. The Hall–Kier alpha value is -1.84. The van der Waals surface area contributed by atoms with Gasteiger partial charge in [-0.3, -0.25) is 4.79 Å². The van der Waals surface area contributed by atoms with E-state index in [0.29, 0.717) is 6.42 Å². The normalized spacial score (nSPS) is 10.6. The summed E-state index contributed by atoms with van der Waals surface area (Å²) in [4.78, 5) is 13.3. The van der Waals surface area contributed by atoms with Gasteiger partial charge in [0.25, 0.3) is 0 Å². The van der Waals surface area contributed by atoms with E-state index in [1.807, 2.05) is 43.3 Å². The van der Waals surface area contributed by atoms with E-state index in [4.69, 9.17) is 0 Å². The average molecular weight is 247 g/mol. The maximum atomic E-state index is 11.3. The molecule has 0 heterocycles. The average Bonchev–Trinajstić information content (AvgIpc) is 2.37. The van der Waals surface area contributed by atoms with E-state index in [0.717, 1.165) is 24.1 Å². The Morgan fingerprint density at radius 2 is 2.00 bits per heavy atom. The fraction of sp³-hybridized carbons (Fsp3) is 0.429. The number of hydrogen-bond acceptors (Lipinski definition) is 3. The van der Waals surface area contributed by atoms with Crippen LogP contribution in [0.2, 0.25) is 0 Å². The molecule has 0 unspecified atom stereocenters. The van der Waals surface area contributed by atoms with Gasteiger partial charge >= 0.3 is 0 Å². The van der Waals surface area contributed by atoms with Gasteiger partial charge in [0.15, 0.2) is 0 Å². The summed E-state index contributed by atoms with van der Waals surface area (Å²) >= 11 is 0. The van der Waals surface area contributed by atoms with Crippen molar-refractivity contribution >= 4 is 17.8 Å². The molecule has 0 saturated carbocycles. The molecular formula is C14H21N3O. The van der Waals surface area contributed by atoms with Gasteiger partial charge in [0, 0.05) is 26.2 Å². The predicted molar refractivity (Wildman–Crippen MR) is 76.0 cm³/mol. The summed E-state index contributed by atoms with van der Waals surface area (Å²) in [6.45, 7) is 2.06. The molecular weight excluding hydrogens is 226 g/mol. The van der Waals surface area contributed by atoms with Crippen molar-refractivity contribution in [2.24, 2.45) is 5.10 Å². The smallest absolute Gasteiger partial charge is 0.240 e. The first kappa shape index (κ1) is 14.2. The van der Waals surface area contributed by atoms with Crippen molar-refractivity contribution in [1.29, 1.82) is 0 Å². The van der Waals surface area contributed by atoms with E-state index in [-0.39, 0.29) is 5.91 Å². The van der Waals surface area contributed by atoms with Crippen LogP contribution >= 0.6 is 0 Å². The van der Waals surface area contributed by atoms with Gasteiger partial charge in [0.2, 0.25) is 5.91 Å². The van der Waals surface area contributed by atoms with Crippen molar-refractivity contribution in [3.05, 3.63) is 29.8 Å². The highest BCUT2D eigenvalue weighted by Crippen LogP contribution is 2.10. The molecule has 0 aliphatic carbocycles. The second kappa shape index (κ2) is 7.48. The van der Waals surface area contributed by atoms with E-state index in [1.165, 1.54) is 0 Å². The summed E-state index contributed by atoms with van der Waals surface area (Å²) in [5.74, 6) is -0.0296. The van der Waals surface area contributed by atoms with E-state index in [9.17, 15) is 4.79 Å². The maximum Gasteiger partial charge on any atom is 0.240 e. The summed E-state index contributed by atoms with van der Waals surface area (Å²) in [6.07, 6.45) is 4.11. The number of rotatable bonds is 6. The van der Waals surface area contributed by atoms with Gasteiger partial charge < -0.3 is 4.90 Å². The van der Waals surface area contributed by atoms with Crippen molar-refractivity contribution < 1.29 is 4.79 Å². The molecule has 0 aromatic heterocycles. The Labute approximate surface area is 109 Å². The molecule has 1 N–H and O–H groups in total. The van der Waals surface area contributed by atoms with Crippen LogP contribution in [0, 0.1) is 0 Å². The number of hydrogen-bond donors (Lipinski definition) is 1. The highest BCUT2D eigenvalue weighted by atomic mass is 16.2. The van der Waals surface area contributed by atoms with Gasteiger partial charge in [-0.15, -0.1) is 0 Å². The van der Waals surface area contributed by atoms with Crippen molar-refractivity contribution in [2.75, 3.05) is 19.0 Å². The van der Waals surface area contributed by atoms with Gasteiger partial charge in [-0.1, -0.05) is 25.5 Å². The van der Waals surface area contributed by atoms with Crippen LogP contribution in [0.4, 0.5) is 5.69 Å². The maximum absolute atomic E-state index is 11.3. The summed E-state index contributed by atoms with van der Waals surface area (Å²) < 4.78 is 0. The van der Waals surface area contributed by atoms with Crippen LogP contribution in [-0.4, -0.2) is 26.2 Å². The summed E-state index contributed by atoms with van der Waals surface area (Å²) in [7, 11) is 3.99. The van der Waals surface area contributed by atoms with Gasteiger partial charge in [0.05, 0.1) is 6.21 Å². The third-order valence-electron chi connectivity index (χ3n) is 2.57. The van der Waals surface area contributed by atoms with Gasteiger partial charge in [0.1, 0.15) is 0 Å². The summed E-state index contributed by atoms with van der Waals surface area (Å²) in [6, 6.07) is 7.97. The van der Waals surface area contributed by atoms with Gasteiger partial charge in [-0.05, 0) is 24.1 Å². The van der Waals surface area contributed by atoms with E-state index >= 15 is 0 Å². The third kappa shape index (κ3) is 4.99. The Kier molecular flexibility index (Phi) is 5.91. The minimum atomic E-state index is -0.0296. The summed E-state index contributed by atoms with van der Waals surface area (Å²) in [5, 5.41) is 3.93. The Balaban J connectivity index is 2.44. The Bertz CT molecular complexity index is 396. The van der Waals surface area contributed by atoms with Gasteiger partial charge in [-0.25, -0.2) is 5.43 Å². The lowest BCUT2D eigenvalue weighted by molar-refractivity contribution is -0.121. The largest absolute Gasteiger partial charge is 0.378 e. The molecule has 1 aromatic carbocycles. The van der Waals surface area contributed by atoms with E-state index < -0.39 is 0 Å². The van der Waals surface area contributed by atoms with Crippen LogP contribution in [0.3, 0.4) is 0 Å². The molecule has 1 aromatic rings. The molecule has 0 aliphatic heterocycles. The molecule has 0 spiro atoms. The zero-order valence-electron chi connectivity index (χ0n) is 11.3. The lowest BCUT2D eigenvalue weighted by Gasteiger charge is -2.11. The molecule has 1 rings (SSSR count). The van der Waals surface area contributed by atoms with Crippen molar-refractivity contribution in [2.45, 2.75) is 26.2 Å². The Morgan fingerprint density at radius 3 is 2.56 bits per heavy atom. The number of anilines is 1. The molecule has 0 radical (unpaired) electrons. The number of nitrogens with zero attached hydrogens (tertiary/aromatic N) is 2. The van der Waals surface area contributed by atoms with Crippen LogP contribution in [0.15, 0.2) is 29.4 Å². The highest BCUT2D eigenvalue weighted by molar-refractivity contribution is 5.82. The van der Waals surface area contributed by atoms with Crippen molar-refractivity contribution in [3.63, 3.8) is 0 Å². The highest BCUT2D eigenvalue weighted by Gasteiger charge is 1.97. The summed E-state index contributed by atoms with van der Waals surface area (Å²) in [5.41, 5.74) is 4.63. The van der Waals surface area contributed by atoms with Crippen LogP contribution in [-0.2, 0) is 4.79 Å². The fourth-order valence-electron chi connectivity index (χ4n) is 1.43. The minimum absolute atomic E-state index is 0.0296. The number of carbonyl (C=O) groups excluding carboxylic acids is 1. The lowest BCUT2D eigenvalue weighted by Crippen LogP contribution is -2.16. The quantitative estimate of drug-likeness (QED) is 0.619. The molecule has 1 amide bonds. The zero-order chi connectivity index (χ0) is 13.4. The topological polar surface area (TPSA) is 44.7 Å². The standard InChI is InChI=1S/C14H21N3O/c1-4-5-6-14(18)16-15-11-12-7-9-13(10-8-12)17(2)3/h7-11H,4-6H2,1-3H3,(H,16,18). The SMILES string of the molecule is CCCCC(=O)NN=Cc1ccc(N(C)C)cc1. The number of hydrazone groups is 1. The molecule has 0 saturated heterocycles. The van der Waals surface area contributed by atoms with E-state index in [2.05, 4.69) is 17.5 Å². The molecule has 0 atom stereocenters. The molecule has 4 nitrogen and oxygen atoms in total. The van der Waals surface area contributed by atoms with Crippen LogP contribution in [0.25, 0.3) is 0 Å². The first-order valence-corrected chi connectivity index (χ1v) is 6.22. The van der Waals surface area contributed by atoms with Gasteiger partial charge in [-0.2, -0.15) is 5.10 Å². The van der Waals surface area contributed by atoms with Crippen LogP contribution in [0.1, 0.15) is 31.7 Å². The second-order valence-electron chi connectivity index (χ2n) is 4.38. The molecule has 0 bridgehead atoms. The number of nitrogens with one attached hydrogen (secondary N) is 1. The monoisotopic (exact) mass is 247 g/mol. The molecule has 0 aliphatic rings. The molecule has 0 fully saturated rings. The zero-order valence-corrected chi connectivity index (χ0v) is 11.3. The molecule has 18 heavy (non-hydrogen) atoms. The molecule has 4 heteroatoms. The number of unbranched alkanes of at least 4 members (excludes halogenated alkanes) is 1. The first-order chi connectivity index (χ1) is 8.63. The van der Waals surface area contributed by atoms with Crippen LogP contribution < -0.4 is 10.3 Å².